The molecule has 0 N–H and O–H groups in total. The highest BCUT2D eigenvalue weighted by Crippen LogP contribution is 2.34. The summed E-state index contributed by atoms with van der Waals surface area (Å²) in [5, 5.41) is 4.64. The second-order valence-electron chi connectivity index (χ2n) is 5.51. The van der Waals surface area contributed by atoms with Gasteiger partial charge in [-0.3, -0.25) is 4.68 Å². The molecule has 0 bridgehead atoms. The van der Waals surface area contributed by atoms with Crippen molar-refractivity contribution in [2.75, 3.05) is 11.8 Å². The summed E-state index contributed by atoms with van der Waals surface area (Å²) in [4.78, 5) is 0. The topological polar surface area (TPSA) is 17.8 Å². The Hall–Kier alpha value is -0.210. The molecule has 0 spiro atoms. The smallest absolute Gasteiger partial charge is 0.0631 e. The fourth-order valence-corrected chi connectivity index (χ4v) is 3.00. The molecule has 0 aromatic carbocycles. The van der Waals surface area contributed by atoms with E-state index in [0.29, 0.717) is 23.7 Å². The van der Waals surface area contributed by atoms with Gasteiger partial charge in [0.15, 0.2) is 0 Å². The lowest BCUT2D eigenvalue weighted by Crippen LogP contribution is -2.34. The number of alkyl halides is 2. The third kappa shape index (κ3) is 3.42. The molecular formula is C14H24Cl2N2. The first-order valence-electron chi connectivity index (χ1n) is 6.65. The molecule has 0 aliphatic carbocycles. The van der Waals surface area contributed by atoms with Crippen LogP contribution in [0.1, 0.15) is 45.9 Å². The molecule has 2 nitrogen and oxygen atoms in total. The second-order valence-corrected chi connectivity index (χ2v) is 6.04. The Kier molecular flexibility index (Phi) is 6.00. The summed E-state index contributed by atoms with van der Waals surface area (Å²) < 4.78 is 2.03. The van der Waals surface area contributed by atoms with Crippen LogP contribution in [0.2, 0.25) is 0 Å². The summed E-state index contributed by atoms with van der Waals surface area (Å²) in [6.45, 7) is 8.70. The average Bonchev–Trinajstić information content (AvgIpc) is 2.83. The van der Waals surface area contributed by atoms with E-state index in [1.165, 1.54) is 0 Å². The van der Waals surface area contributed by atoms with Crippen LogP contribution in [0.25, 0.3) is 0 Å². The van der Waals surface area contributed by atoms with E-state index in [-0.39, 0.29) is 5.41 Å². The van der Waals surface area contributed by atoms with Gasteiger partial charge in [-0.2, -0.15) is 5.10 Å². The van der Waals surface area contributed by atoms with Crippen LogP contribution in [0.5, 0.6) is 0 Å². The first-order valence-corrected chi connectivity index (χ1v) is 7.72. The first-order chi connectivity index (χ1) is 8.49. The first kappa shape index (κ1) is 15.8. The van der Waals surface area contributed by atoms with Gasteiger partial charge in [-0.05, 0) is 31.7 Å². The Labute approximate surface area is 121 Å². The summed E-state index contributed by atoms with van der Waals surface area (Å²) >= 11 is 12.3. The van der Waals surface area contributed by atoms with Gasteiger partial charge in [0.25, 0.3) is 0 Å². The van der Waals surface area contributed by atoms with E-state index in [9.17, 15) is 0 Å². The fourth-order valence-electron chi connectivity index (χ4n) is 1.91. The molecule has 4 heteroatoms. The molecular weight excluding hydrogens is 267 g/mol. The zero-order valence-electron chi connectivity index (χ0n) is 11.8. The van der Waals surface area contributed by atoms with Crippen molar-refractivity contribution < 1.29 is 0 Å². The average molecular weight is 291 g/mol. The minimum Gasteiger partial charge on any atom is -0.270 e. The van der Waals surface area contributed by atoms with Crippen molar-refractivity contribution in [3.63, 3.8) is 0 Å². The van der Waals surface area contributed by atoms with Crippen LogP contribution in [-0.2, 0) is 6.42 Å². The highest BCUT2D eigenvalue weighted by molar-refractivity contribution is 6.21. The number of nitrogens with zero attached hydrogens (tertiary/aromatic N) is 2. The summed E-state index contributed by atoms with van der Waals surface area (Å²) in [5.74, 6) is 1.59. The number of halogens is 2. The van der Waals surface area contributed by atoms with Crippen molar-refractivity contribution >= 4 is 23.2 Å². The Morgan fingerprint density at radius 1 is 1.28 bits per heavy atom. The van der Waals surface area contributed by atoms with Gasteiger partial charge < -0.3 is 0 Å². The summed E-state index contributed by atoms with van der Waals surface area (Å²) in [5.41, 5.74) is 1.03. The number of aromatic nitrogens is 2. The lowest BCUT2D eigenvalue weighted by atomic mass is 9.77. The molecule has 1 atom stereocenters. The molecule has 0 aliphatic heterocycles. The molecule has 0 aliphatic rings. The van der Waals surface area contributed by atoms with Gasteiger partial charge in [0.05, 0.1) is 5.69 Å². The lowest BCUT2D eigenvalue weighted by Gasteiger charge is -2.33. The number of hydrogen-bond acceptors (Lipinski definition) is 1. The predicted molar refractivity (Wildman–Crippen MR) is 79.6 cm³/mol. The normalized spacial score (nSPS) is 14.2. The maximum absolute atomic E-state index is 6.15. The maximum atomic E-state index is 6.15. The molecule has 0 saturated carbocycles. The van der Waals surface area contributed by atoms with Crippen LogP contribution in [0.4, 0.5) is 0 Å². The maximum Gasteiger partial charge on any atom is 0.0631 e. The molecule has 1 heterocycles. The lowest BCUT2D eigenvalue weighted by molar-refractivity contribution is 0.255. The van der Waals surface area contributed by atoms with Crippen LogP contribution >= 0.6 is 23.2 Å². The predicted octanol–water partition coefficient (Wildman–Crippen LogP) is 4.52. The molecule has 18 heavy (non-hydrogen) atoms. The fraction of sp³-hybridized carbons (Fsp3) is 0.786. The van der Waals surface area contributed by atoms with Gasteiger partial charge in [0, 0.05) is 29.4 Å². The van der Waals surface area contributed by atoms with Crippen LogP contribution < -0.4 is 0 Å². The Bertz CT molecular complexity index is 356. The van der Waals surface area contributed by atoms with Gasteiger partial charge in [-0.15, -0.1) is 23.2 Å². The van der Waals surface area contributed by atoms with E-state index in [0.717, 1.165) is 18.5 Å². The van der Waals surface area contributed by atoms with Crippen LogP contribution in [0.15, 0.2) is 12.3 Å². The molecule has 1 aromatic heterocycles. The monoisotopic (exact) mass is 290 g/mol. The van der Waals surface area contributed by atoms with E-state index < -0.39 is 0 Å². The van der Waals surface area contributed by atoms with Gasteiger partial charge in [-0.25, -0.2) is 0 Å². The van der Waals surface area contributed by atoms with Crippen molar-refractivity contribution in [2.45, 2.75) is 46.6 Å². The molecule has 0 fully saturated rings. The molecule has 0 saturated heterocycles. The largest absolute Gasteiger partial charge is 0.270 e. The highest BCUT2D eigenvalue weighted by Gasteiger charge is 2.33. The van der Waals surface area contributed by atoms with E-state index in [4.69, 9.17) is 23.2 Å². The van der Waals surface area contributed by atoms with E-state index >= 15 is 0 Å². The van der Waals surface area contributed by atoms with E-state index in [2.05, 4.69) is 45.1 Å². The van der Waals surface area contributed by atoms with Crippen LogP contribution in [0, 0.1) is 11.3 Å². The molecule has 0 radical (unpaired) electrons. The van der Waals surface area contributed by atoms with Crippen molar-refractivity contribution in [1.82, 2.24) is 9.78 Å². The third-order valence-electron chi connectivity index (χ3n) is 4.00. The zero-order valence-corrected chi connectivity index (χ0v) is 13.3. The summed E-state index contributed by atoms with van der Waals surface area (Å²) in [7, 11) is 0. The van der Waals surface area contributed by atoms with Gasteiger partial charge in [-0.1, -0.05) is 20.8 Å². The van der Waals surface area contributed by atoms with Crippen molar-refractivity contribution in [3.05, 3.63) is 18.0 Å². The minimum atomic E-state index is -0.0578. The summed E-state index contributed by atoms with van der Waals surface area (Å²) in [6, 6.07) is 2.53. The Morgan fingerprint density at radius 3 is 2.33 bits per heavy atom. The highest BCUT2D eigenvalue weighted by atomic mass is 35.5. The second kappa shape index (κ2) is 6.81. The molecule has 1 rings (SSSR count). The third-order valence-corrected chi connectivity index (χ3v) is 5.06. The zero-order chi connectivity index (χ0) is 13.8. The number of hydrogen-bond donors (Lipinski definition) is 0. The van der Waals surface area contributed by atoms with Gasteiger partial charge in [0.1, 0.15) is 0 Å². The van der Waals surface area contributed by atoms with Gasteiger partial charge in [0.2, 0.25) is 0 Å². The van der Waals surface area contributed by atoms with E-state index in [1.54, 1.807) is 0 Å². The van der Waals surface area contributed by atoms with E-state index in [1.807, 2.05) is 4.68 Å². The SMILES string of the molecule is CCC(C)n1ccc(CC(CCl)(CCl)C(C)C)n1. The molecule has 1 unspecified atom stereocenters. The molecule has 104 valence electrons. The van der Waals surface area contributed by atoms with Crippen LogP contribution in [0.3, 0.4) is 0 Å². The Morgan fingerprint density at radius 2 is 1.89 bits per heavy atom. The quantitative estimate of drug-likeness (QED) is 0.675. The van der Waals surface area contributed by atoms with Crippen LogP contribution in [-0.4, -0.2) is 21.5 Å². The molecule has 0 amide bonds. The molecule has 1 aromatic rings. The van der Waals surface area contributed by atoms with Crippen molar-refractivity contribution in [2.24, 2.45) is 11.3 Å². The standard InChI is InChI=1S/C14H24Cl2N2/c1-5-12(4)18-7-6-13(17-18)8-14(9-15,10-16)11(2)3/h6-7,11-12H,5,8-10H2,1-4H3. The Balaban J connectivity index is 2.85. The van der Waals surface area contributed by atoms with Crippen molar-refractivity contribution in [1.29, 1.82) is 0 Å². The van der Waals surface area contributed by atoms with Gasteiger partial charge >= 0.3 is 0 Å². The minimum absolute atomic E-state index is 0.0578. The number of rotatable bonds is 7. The van der Waals surface area contributed by atoms with Crippen molar-refractivity contribution in [3.8, 4) is 0 Å². The summed E-state index contributed by atoms with van der Waals surface area (Å²) in [6.07, 6.45) is 3.99.